The van der Waals surface area contributed by atoms with Gasteiger partial charge in [0.15, 0.2) is 4.80 Å². The number of thiazole rings is 1. The number of phenolic OH excluding ortho intramolecular Hbond substituents is 1. The van der Waals surface area contributed by atoms with E-state index < -0.39 is 0 Å². The monoisotopic (exact) mass is 303 g/mol. The van der Waals surface area contributed by atoms with Crippen LogP contribution in [0.1, 0.15) is 17.7 Å². The van der Waals surface area contributed by atoms with Crippen molar-refractivity contribution < 1.29 is 9.90 Å². The maximum Gasteiger partial charge on any atom is 0.346 e. The molecule has 3 rings (SSSR count). The Morgan fingerprint density at radius 2 is 2.00 bits per heavy atom. The first-order chi connectivity index (χ1) is 10.1. The molecule has 2 amide bonds. The number of nitrogens with zero attached hydrogens (tertiary/aromatic N) is 3. The van der Waals surface area contributed by atoms with E-state index in [1.165, 1.54) is 11.3 Å². The molecule has 0 radical (unpaired) electrons. The van der Waals surface area contributed by atoms with E-state index >= 15 is 0 Å². The molecule has 6 heteroatoms. The molecule has 2 aromatic rings. The molecular weight excluding hydrogens is 286 g/mol. The SMILES string of the molecule is Cc1cn(-c2ccccc2O)/c(=N/C(=O)N2CCCC2)s1. The second-order valence-corrected chi connectivity index (χ2v) is 6.28. The van der Waals surface area contributed by atoms with E-state index in [4.69, 9.17) is 0 Å². The number of amides is 2. The van der Waals surface area contributed by atoms with E-state index in [2.05, 4.69) is 4.99 Å². The Morgan fingerprint density at radius 3 is 2.71 bits per heavy atom. The highest BCUT2D eigenvalue weighted by Crippen LogP contribution is 2.20. The van der Waals surface area contributed by atoms with Gasteiger partial charge in [0.05, 0.1) is 5.69 Å². The van der Waals surface area contributed by atoms with Gasteiger partial charge in [-0.15, -0.1) is 11.3 Å². The largest absolute Gasteiger partial charge is 0.506 e. The molecule has 1 saturated heterocycles. The summed E-state index contributed by atoms with van der Waals surface area (Å²) in [4.78, 5) is 19.8. The molecular formula is C15H17N3O2S. The van der Waals surface area contributed by atoms with E-state index in [0.29, 0.717) is 10.5 Å². The third-order valence-corrected chi connectivity index (χ3v) is 4.38. The van der Waals surface area contributed by atoms with Crippen molar-refractivity contribution in [2.24, 2.45) is 4.99 Å². The Morgan fingerprint density at radius 1 is 1.29 bits per heavy atom. The molecule has 0 spiro atoms. The lowest BCUT2D eigenvalue weighted by molar-refractivity contribution is 0.218. The van der Waals surface area contributed by atoms with Crippen LogP contribution in [0.2, 0.25) is 0 Å². The number of aromatic hydroxyl groups is 1. The predicted octanol–water partition coefficient (Wildman–Crippen LogP) is 2.67. The van der Waals surface area contributed by atoms with E-state index in [9.17, 15) is 9.90 Å². The van der Waals surface area contributed by atoms with Gasteiger partial charge in [0.25, 0.3) is 0 Å². The zero-order chi connectivity index (χ0) is 14.8. The molecule has 1 fully saturated rings. The third-order valence-electron chi connectivity index (χ3n) is 3.48. The van der Waals surface area contributed by atoms with Crippen LogP contribution in [0.15, 0.2) is 35.5 Å². The molecule has 0 atom stereocenters. The first-order valence-corrected chi connectivity index (χ1v) is 7.78. The van der Waals surface area contributed by atoms with Crippen LogP contribution in [0.4, 0.5) is 4.79 Å². The number of para-hydroxylation sites is 2. The lowest BCUT2D eigenvalue weighted by Crippen LogP contribution is -2.27. The van der Waals surface area contributed by atoms with Crippen LogP contribution in [-0.4, -0.2) is 33.7 Å². The zero-order valence-corrected chi connectivity index (χ0v) is 12.6. The summed E-state index contributed by atoms with van der Waals surface area (Å²) in [6.07, 6.45) is 3.98. The number of rotatable bonds is 1. The Kier molecular flexibility index (Phi) is 3.79. The van der Waals surface area contributed by atoms with Gasteiger partial charge < -0.3 is 10.0 Å². The molecule has 5 nitrogen and oxygen atoms in total. The van der Waals surface area contributed by atoms with Crippen LogP contribution in [0.5, 0.6) is 5.75 Å². The van der Waals surface area contributed by atoms with Crippen molar-refractivity contribution in [2.45, 2.75) is 19.8 Å². The van der Waals surface area contributed by atoms with Gasteiger partial charge in [-0.25, -0.2) is 4.79 Å². The van der Waals surface area contributed by atoms with Crippen LogP contribution in [0, 0.1) is 6.92 Å². The maximum absolute atomic E-state index is 12.2. The van der Waals surface area contributed by atoms with Crippen LogP contribution in [0.25, 0.3) is 5.69 Å². The Labute approximate surface area is 126 Å². The summed E-state index contributed by atoms with van der Waals surface area (Å²) in [5.74, 6) is 0.172. The minimum Gasteiger partial charge on any atom is -0.506 e. The standard InChI is InChI=1S/C15H17N3O2S/c1-11-10-18(12-6-2-3-7-13(12)19)15(21-11)16-14(20)17-8-4-5-9-17/h2-3,6-7,10,19H,4-5,8-9H2,1H3/b16-15-. The van der Waals surface area contributed by atoms with Crippen LogP contribution in [0.3, 0.4) is 0 Å². The molecule has 1 N–H and O–H groups in total. The van der Waals surface area contributed by atoms with Crippen molar-refractivity contribution in [1.82, 2.24) is 9.47 Å². The molecule has 0 unspecified atom stereocenters. The van der Waals surface area contributed by atoms with Crippen molar-refractivity contribution in [1.29, 1.82) is 0 Å². The maximum atomic E-state index is 12.2. The van der Waals surface area contributed by atoms with Crippen LogP contribution >= 0.6 is 11.3 Å². The predicted molar refractivity (Wildman–Crippen MR) is 81.8 cm³/mol. The van der Waals surface area contributed by atoms with Gasteiger partial charge >= 0.3 is 6.03 Å². The fourth-order valence-electron chi connectivity index (χ4n) is 2.43. The lowest BCUT2D eigenvalue weighted by atomic mass is 10.3. The fraction of sp³-hybridized carbons (Fsp3) is 0.333. The summed E-state index contributed by atoms with van der Waals surface area (Å²) in [5.41, 5.74) is 0.634. The average molecular weight is 303 g/mol. The first-order valence-electron chi connectivity index (χ1n) is 6.96. The average Bonchev–Trinajstić information content (AvgIpc) is 3.09. The van der Waals surface area contributed by atoms with Gasteiger partial charge in [0.1, 0.15) is 5.75 Å². The van der Waals surface area contributed by atoms with Crippen molar-refractivity contribution >= 4 is 17.4 Å². The number of carbonyl (C=O) groups is 1. The Bertz CT molecular complexity index is 727. The summed E-state index contributed by atoms with van der Waals surface area (Å²) in [5, 5.41) is 9.99. The minimum absolute atomic E-state index is 0.172. The lowest BCUT2D eigenvalue weighted by Gasteiger charge is -2.10. The number of hydrogen-bond acceptors (Lipinski definition) is 3. The first kappa shape index (κ1) is 13.9. The number of phenols is 1. The molecule has 110 valence electrons. The number of benzene rings is 1. The molecule has 21 heavy (non-hydrogen) atoms. The van der Waals surface area contributed by atoms with Crippen molar-refractivity contribution in [3.8, 4) is 11.4 Å². The molecule has 2 heterocycles. The number of carbonyl (C=O) groups excluding carboxylic acids is 1. The van der Waals surface area contributed by atoms with Crippen molar-refractivity contribution in [3.05, 3.63) is 40.1 Å². The highest BCUT2D eigenvalue weighted by Gasteiger charge is 2.17. The quantitative estimate of drug-likeness (QED) is 0.880. The summed E-state index contributed by atoms with van der Waals surface area (Å²) in [6, 6.07) is 6.85. The highest BCUT2D eigenvalue weighted by atomic mass is 32.1. The van der Waals surface area contributed by atoms with Gasteiger partial charge in [-0.2, -0.15) is 4.99 Å². The van der Waals surface area contributed by atoms with Crippen LogP contribution in [-0.2, 0) is 0 Å². The topological polar surface area (TPSA) is 57.8 Å². The van der Waals surface area contributed by atoms with Gasteiger partial charge in [0.2, 0.25) is 0 Å². The molecule has 0 aliphatic carbocycles. The minimum atomic E-state index is -0.196. The van der Waals surface area contributed by atoms with Crippen molar-refractivity contribution in [2.75, 3.05) is 13.1 Å². The van der Waals surface area contributed by atoms with E-state index in [-0.39, 0.29) is 11.8 Å². The summed E-state index contributed by atoms with van der Waals surface area (Å²) >= 11 is 1.44. The third kappa shape index (κ3) is 2.85. The number of aromatic nitrogens is 1. The summed E-state index contributed by atoms with van der Waals surface area (Å²) in [7, 11) is 0. The number of hydrogen-bond donors (Lipinski definition) is 1. The number of urea groups is 1. The highest BCUT2D eigenvalue weighted by molar-refractivity contribution is 7.09. The van der Waals surface area contributed by atoms with Gasteiger partial charge in [-0.05, 0) is 31.9 Å². The van der Waals surface area contributed by atoms with Gasteiger partial charge in [-0.3, -0.25) is 4.57 Å². The van der Waals surface area contributed by atoms with E-state index in [1.807, 2.05) is 19.2 Å². The Hall–Kier alpha value is -2.08. The second-order valence-electron chi connectivity index (χ2n) is 5.07. The number of likely N-dealkylation sites (tertiary alicyclic amines) is 1. The Balaban J connectivity index is 2.04. The summed E-state index contributed by atoms with van der Waals surface area (Å²) in [6.45, 7) is 3.52. The van der Waals surface area contributed by atoms with Gasteiger partial charge in [-0.1, -0.05) is 12.1 Å². The van der Waals surface area contributed by atoms with Gasteiger partial charge in [0, 0.05) is 24.2 Å². The molecule has 1 aliphatic heterocycles. The van der Waals surface area contributed by atoms with Crippen LogP contribution < -0.4 is 4.80 Å². The normalized spacial score (nSPS) is 15.7. The van der Waals surface area contributed by atoms with Crippen molar-refractivity contribution in [3.63, 3.8) is 0 Å². The summed E-state index contributed by atoms with van der Waals surface area (Å²) < 4.78 is 1.77. The molecule has 1 aromatic heterocycles. The smallest absolute Gasteiger partial charge is 0.346 e. The molecule has 0 saturated carbocycles. The second kappa shape index (κ2) is 5.73. The molecule has 1 aromatic carbocycles. The van der Waals surface area contributed by atoms with E-state index in [1.54, 1.807) is 27.7 Å². The van der Waals surface area contributed by atoms with E-state index in [0.717, 1.165) is 30.8 Å². The molecule has 1 aliphatic rings. The molecule has 0 bridgehead atoms. The number of aryl methyl sites for hydroxylation is 1. The zero-order valence-electron chi connectivity index (χ0n) is 11.8. The fourth-order valence-corrected chi connectivity index (χ4v) is 3.25.